The van der Waals surface area contributed by atoms with E-state index in [2.05, 4.69) is 20.8 Å². The maximum atomic E-state index is 6.67. The lowest BCUT2D eigenvalue weighted by Gasteiger charge is -2.51. The Kier molecular flexibility index (Phi) is 4.19. The second-order valence-corrected chi connectivity index (χ2v) is 5.81. The molecule has 0 aliphatic heterocycles. The van der Waals surface area contributed by atoms with E-state index in [9.17, 15) is 0 Å². The van der Waals surface area contributed by atoms with Gasteiger partial charge in [0.05, 0.1) is 0 Å². The average Bonchev–Trinajstić information content (AvgIpc) is 2.18. The fourth-order valence-electron chi connectivity index (χ4n) is 3.02. The molecule has 0 saturated heterocycles. The fraction of sp³-hybridized carbons (Fsp3) is 1.00. The van der Waals surface area contributed by atoms with Crippen molar-refractivity contribution >= 4 is 0 Å². The van der Waals surface area contributed by atoms with Crippen LogP contribution in [0.5, 0.6) is 0 Å². The molecule has 0 amide bonds. The van der Waals surface area contributed by atoms with E-state index in [1.54, 1.807) is 7.11 Å². The summed E-state index contributed by atoms with van der Waals surface area (Å²) in [6.45, 7) is 7.77. The molecule has 0 heterocycles. The van der Waals surface area contributed by atoms with E-state index in [-0.39, 0.29) is 11.0 Å². The van der Waals surface area contributed by atoms with Crippen LogP contribution in [0.25, 0.3) is 0 Å². The first kappa shape index (κ1) is 13.0. The minimum Gasteiger partial charge on any atom is -0.385 e. The largest absolute Gasteiger partial charge is 0.385 e. The van der Waals surface area contributed by atoms with Crippen molar-refractivity contribution in [3.05, 3.63) is 0 Å². The molecule has 0 spiro atoms. The molecule has 0 aromatic carbocycles. The summed E-state index contributed by atoms with van der Waals surface area (Å²) >= 11 is 0. The Morgan fingerprint density at radius 1 is 1.27 bits per heavy atom. The van der Waals surface area contributed by atoms with E-state index < -0.39 is 0 Å². The lowest BCUT2D eigenvalue weighted by atomic mass is 9.58. The van der Waals surface area contributed by atoms with Crippen LogP contribution < -0.4 is 5.73 Å². The molecule has 2 heteroatoms. The summed E-state index contributed by atoms with van der Waals surface area (Å²) in [5, 5.41) is 0. The second-order valence-electron chi connectivity index (χ2n) is 5.81. The molecule has 1 saturated carbocycles. The number of nitrogens with two attached hydrogens (primary N) is 1. The van der Waals surface area contributed by atoms with Gasteiger partial charge in [0.25, 0.3) is 0 Å². The number of hydrogen-bond donors (Lipinski definition) is 1. The molecular formula is C13H27NO. The van der Waals surface area contributed by atoms with Gasteiger partial charge in [0.15, 0.2) is 0 Å². The highest BCUT2D eigenvalue weighted by Crippen LogP contribution is 2.46. The molecule has 2 unspecified atom stereocenters. The van der Waals surface area contributed by atoms with Crippen molar-refractivity contribution in [3.8, 4) is 0 Å². The molecular weight excluding hydrogens is 186 g/mol. The quantitative estimate of drug-likeness (QED) is 0.779. The molecule has 0 aromatic heterocycles. The summed E-state index contributed by atoms with van der Waals surface area (Å²) in [5.41, 5.74) is 6.95. The van der Waals surface area contributed by atoms with Gasteiger partial charge >= 0.3 is 0 Å². The number of ether oxygens (including phenoxy) is 1. The summed E-state index contributed by atoms with van der Waals surface area (Å²) in [6, 6.07) is 0. The van der Waals surface area contributed by atoms with Crippen LogP contribution in [0.4, 0.5) is 0 Å². The van der Waals surface area contributed by atoms with Crippen LogP contribution in [0, 0.1) is 11.3 Å². The molecule has 1 fully saturated rings. The van der Waals surface area contributed by atoms with E-state index in [1.165, 1.54) is 25.7 Å². The van der Waals surface area contributed by atoms with Crippen LogP contribution in [0.1, 0.15) is 52.9 Å². The molecule has 2 N–H and O–H groups in total. The highest BCUT2D eigenvalue weighted by molar-refractivity contribution is 5.03. The molecule has 2 nitrogen and oxygen atoms in total. The van der Waals surface area contributed by atoms with Crippen molar-refractivity contribution in [2.75, 3.05) is 13.7 Å². The lowest BCUT2D eigenvalue weighted by molar-refractivity contribution is 0.0358. The zero-order valence-electron chi connectivity index (χ0n) is 10.8. The first-order valence-electron chi connectivity index (χ1n) is 6.22. The monoisotopic (exact) mass is 213 g/mol. The van der Waals surface area contributed by atoms with E-state index in [0.29, 0.717) is 5.92 Å². The normalized spacial score (nSPS) is 32.6. The predicted molar refractivity (Wildman–Crippen MR) is 64.8 cm³/mol. The Balaban J connectivity index is 2.68. The van der Waals surface area contributed by atoms with Crippen molar-refractivity contribution in [2.45, 2.75) is 58.4 Å². The van der Waals surface area contributed by atoms with Gasteiger partial charge in [0.1, 0.15) is 0 Å². The van der Waals surface area contributed by atoms with Crippen molar-refractivity contribution in [1.82, 2.24) is 0 Å². The van der Waals surface area contributed by atoms with Crippen molar-refractivity contribution < 1.29 is 4.74 Å². The maximum Gasteiger partial charge on any atom is 0.0465 e. The Morgan fingerprint density at radius 2 is 1.87 bits per heavy atom. The van der Waals surface area contributed by atoms with E-state index in [0.717, 1.165) is 13.0 Å². The summed E-state index contributed by atoms with van der Waals surface area (Å²) in [4.78, 5) is 0. The van der Waals surface area contributed by atoms with E-state index in [1.807, 2.05) is 0 Å². The van der Waals surface area contributed by atoms with Crippen LogP contribution in [0.2, 0.25) is 0 Å². The topological polar surface area (TPSA) is 35.2 Å². The standard InChI is InChI=1S/C13H27NO/c1-11(7-10-15-4)13(14)9-6-5-8-12(13,2)3/h11H,5-10,14H2,1-4H3. The average molecular weight is 213 g/mol. The predicted octanol–water partition coefficient (Wildman–Crippen LogP) is 2.96. The van der Waals surface area contributed by atoms with Crippen LogP contribution in [-0.4, -0.2) is 19.3 Å². The third-order valence-corrected chi connectivity index (χ3v) is 4.54. The van der Waals surface area contributed by atoms with Gasteiger partial charge in [0, 0.05) is 19.3 Å². The Labute approximate surface area is 94.6 Å². The van der Waals surface area contributed by atoms with Crippen LogP contribution in [0.15, 0.2) is 0 Å². The summed E-state index contributed by atoms with van der Waals surface area (Å²) < 4.78 is 5.16. The number of rotatable bonds is 4. The molecule has 0 aromatic rings. The van der Waals surface area contributed by atoms with Gasteiger partial charge in [-0.25, -0.2) is 0 Å². The van der Waals surface area contributed by atoms with Crippen LogP contribution in [-0.2, 0) is 4.74 Å². The highest BCUT2D eigenvalue weighted by atomic mass is 16.5. The molecule has 0 radical (unpaired) electrons. The number of hydrogen-bond acceptors (Lipinski definition) is 2. The van der Waals surface area contributed by atoms with Gasteiger partial charge in [0.2, 0.25) is 0 Å². The van der Waals surface area contributed by atoms with Crippen molar-refractivity contribution in [3.63, 3.8) is 0 Å². The lowest BCUT2D eigenvalue weighted by Crippen LogP contribution is -2.59. The molecule has 1 rings (SSSR count). The molecule has 0 bridgehead atoms. The van der Waals surface area contributed by atoms with Gasteiger partial charge < -0.3 is 10.5 Å². The molecule has 2 atom stereocenters. The second kappa shape index (κ2) is 4.84. The molecule has 1 aliphatic rings. The van der Waals surface area contributed by atoms with Gasteiger partial charge in [-0.15, -0.1) is 0 Å². The van der Waals surface area contributed by atoms with Gasteiger partial charge in [-0.1, -0.05) is 33.6 Å². The fourth-order valence-corrected chi connectivity index (χ4v) is 3.02. The van der Waals surface area contributed by atoms with Gasteiger partial charge in [-0.05, 0) is 30.6 Å². The SMILES string of the molecule is COCCC(C)C1(N)CCCCC1(C)C. The van der Waals surface area contributed by atoms with Crippen LogP contribution in [0.3, 0.4) is 0 Å². The highest BCUT2D eigenvalue weighted by Gasteiger charge is 2.46. The maximum absolute atomic E-state index is 6.67. The van der Waals surface area contributed by atoms with E-state index >= 15 is 0 Å². The zero-order valence-corrected chi connectivity index (χ0v) is 10.8. The van der Waals surface area contributed by atoms with Gasteiger partial charge in [-0.2, -0.15) is 0 Å². The molecule has 90 valence electrons. The smallest absolute Gasteiger partial charge is 0.0465 e. The summed E-state index contributed by atoms with van der Waals surface area (Å²) in [5.74, 6) is 0.549. The molecule has 15 heavy (non-hydrogen) atoms. The van der Waals surface area contributed by atoms with Crippen molar-refractivity contribution in [1.29, 1.82) is 0 Å². The van der Waals surface area contributed by atoms with Gasteiger partial charge in [-0.3, -0.25) is 0 Å². The summed E-state index contributed by atoms with van der Waals surface area (Å²) in [7, 11) is 1.77. The van der Waals surface area contributed by atoms with Crippen molar-refractivity contribution in [2.24, 2.45) is 17.1 Å². The zero-order chi connectivity index (χ0) is 11.5. The molecule has 1 aliphatic carbocycles. The Morgan fingerprint density at radius 3 is 2.40 bits per heavy atom. The van der Waals surface area contributed by atoms with E-state index in [4.69, 9.17) is 10.5 Å². The first-order valence-corrected chi connectivity index (χ1v) is 6.22. The third kappa shape index (κ3) is 2.54. The Hall–Kier alpha value is -0.0800. The minimum absolute atomic E-state index is 0.00375. The third-order valence-electron chi connectivity index (χ3n) is 4.54. The minimum atomic E-state index is 0.00375. The first-order chi connectivity index (χ1) is 6.94. The summed E-state index contributed by atoms with van der Waals surface area (Å²) in [6.07, 6.45) is 6.14. The Bertz CT molecular complexity index is 203. The van der Waals surface area contributed by atoms with Crippen LogP contribution >= 0.6 is 0 Å². The number of methoxy groups -OCH3 is 1.